The smallest absolute Gasteiger partial charge is 0.159 e. The average molecular weight is 264 g/mol. The minimum atomic E-state index is -0.869. The summed E-state index contributed by atoms with van der Waals surface area (Å²) in [6, 6.07) is 5.82. The minimum absolute atomic E-state index is 0.500. The molecular formula is C13H10F2N2S. The van der Waals surface area contributed by atoms with Crippen molar-refractivity contribution >= 4 is 11.3 Å². The molecule has 1 heterocycles. The molecule has 18 heavy (non-hydrogen) atoms. The summed E-state index contributed by atoms with van der Waals surface area (Å²) in [7, 11) is 0. The van der Waals surface area contributed by atoms with E-state index in [1.165, 1.54) is 17.4 Å². The van der Waals surface area contributed by atoms with Gasteiger partial charge >= 0.3 is 0 Å². The van der Waals surface area contributed by atoms with Crippen molar-refractivity contribution < 1.29 is 8.78 Å². The quantitative estimate of drug-likeness (QED) is 0.784. The molecule has 0 amide bonds. The summed E-state index contributed by atoms with van der Waals surface area (Å²) in [6.07, 6.45) is 2.00. The zero-order valence-corrected chi connectivity index (χ0v) is 10.3. The van der Waals surface area contributed by atoms with Crippen molar-refractivity contribution in [3.8, 4) is 17.3 Å². The molecule has 0 N–H and O–H groups in total. The van der Waals surface area contributed by atoms with Crippen LogP contribution in [0.4, 0.5) is 8.78 Å². The second kappa shape index (κ2) is 5.69. The van der Waals surface area contributed by atoms with Crippen molar-refractivity contribution in [2.45, 2.75) is 19.3 Å². The molecule has 0 spiro atoms. The van der Waals surface area contributed by atoms with E-state index in [-0.39, 0.29) is 0 Å². The van der Waals surface area contributed by atoms with Gasteiger partial charge in [-0.3, -0.25) is 0 Å². The SMILES string of the molecule is N#CCCCc1nc(-c2ccc(F)c(F)c2)cs1. The van der Waals surface area contributed by atoms with E-state index in [9.17, 15) is 8.78 Å². The fourth-order valence-electron chi connectivity index (χ4n) is 1.53. The van der Waals surface area contributed by atoms with Gasteiger partial charge in [0.15, 0.2) is 11.6 Å². The number of hydrogen-bond acceptors (Lipinski definition) is 3. The molecule has 0 saturated heterocycles. The zero-order chi connectivity index (χ0) is 13.0. The van der Waals surface area contributed by atoms with E-state index < -0.39 is 11.6 Å². The highest BCUT2D eigenvalue weighted by Crippen LogP contribution is 2.24. The fourth-order valence-corrected chi connectivity index (χ4v) is 2.38. The van der Waals surface area contributed by atoms with Gasteiger partial charge in [-0.25, -0.2) is 13.8 Å². The normalized spacial score (nSPS) is 10.3. The second-order valence-electron chi connectivity index (χ2n) is 3.77. The summed E-state index contributed by atoms with van der Waals surface area (Å²) in [5, 5.41) is 11.2. The Balaban J connectivity index is 2.14. The van der Waals surface area contributed by atoms with E-state index >= 15 is 0 Å². The molecule has 0 aliphatic heterocycles. The van der Waals surface area contributed by atoms with Gasteiger partial charge in [0.1, 0.15) is 0 Å². The number of unbranched alkanes of at least 4 members (excludes halogenated alkanes) is 1. The third kappa shape index (κ3) is 2.90. The molecule has 0 unspecified atom stereocenters. The van der Waals surface area contributed by atoms with Crippen LogP contribution in [0.15, 0.2) is 23.6 Å². The Morgan fingerprint density at radius 1 is 1.28 bits per heavy atom. The summed E-state index contributed by atoms with van der Waals surface area (Å²) < 4.78 is 25.9. The van der Waals surface area contributed by atoms with Crippen molar-refractivity contribution in [1.29, 1.82) is 5.26 Å². The number of thiazole rings is 1. The van der Waals surface area contributed by atoms with Crippen LogP contribution in [0.5, 0.6) is 0 Å². The van der Waals surface area contributed by atoms with Crippen LogP contribution in [0, 0.1) is 23.0 Å². The van der Waals surface area contributed by atoms with Crippen LogP contribution in [-0.4, -0.2) is 4.98 Å². The third-order valence-corrected chi connectivity index (χ3v) is 3.35. The van der Waals surface area contributed by atoms with Crippen molar-refractivity contribution in [2.75, 3.05) is 0 Å². The Hall–Kier alpha value is -1.80. The number of hydrogen-bond donors (Lipinski definition) is 0. The number of nitrogens with zero attached hydrogens (tertiary/aromatic N) is 2. The number of benzene rings is 1. The van der Waals surface area contributed by atoms with Crippen LogP contribution in [0.2, 0.25) is 0 Å². The number of aryl methyl sites for hydroxylation is 1. The van der Waals surface area contributed by atoms with Crippen LogP contribution >= 0.6 is 11.3 Å². The summed E-state index contributed by atoms with van der Waals surface area (Å²) in [4.78, 5) is 4.34. The van der Waals surface area contributed by atoms with E-state index in [2.05, 4.69) is 11.1 Å². The predicted molar refractivity (Wildman–Crippen MR) is 66.0 cm³/mol. The fraction of sp³-hybridized carbons (Fsp3) is 0.231. The molecule has 0 fully saturated rings. The van der Waals surface area contributed by atoms with Crippen molar-refractivity contribution in [2.24, 2.45) is 0 Å². The molecule has 2 rings (SSSR count). The van der Waals surface area contributed by atoms with E-state index in [0.29, 0.717) is 17.7 Å². The Morgan fingerprint density at radius 2 is 2.11 bits per heavy atom. The molecule has 0 atom stereocenters. The summed E-state index contributed by atoms with van der Waals surface area (Å²) in [6.45, 7) is 0. The maximum absolute atomic E-state index is 13.1. The standard InChI is InChI=1S/C13H10F2N2S/c14-10-5-4-9(7-11(10)15)12-8-18-13(17-12)3-1-2-6-16/h4-5,7-8H,1-3H2. The molecular weight excluding hydrogens is 254 g/mol. The van der Waals surface area contributed by atoms with E-state index in [1.807, 2.05) is 5.38 Å². The maximum Gasteiger partial charge on any atom is 0.159 e. The van der Waals surface area contributed by atoms with Gasteiger partial charge in [-0.05, 0) is 24.6 Å². The molecule has 0 radical (unpaired) electrons. The lowest BCUT2D eigenvalue weighted by Gasteiger charge is -1.97. The van der Waals surface area contributed by atoms with Crippen LogP contribution < -0.4 is 0 Å². The monoisotopic (exact) mass is 264 g/mol. The molecule has 5 heteroatoms. The van der Waals surface area contributed by atoms with E-state index in [0.717, 1.165) is 30.0 Å². The first-order valence-electron chi connectivity index (χ1n) is 5.47. The van der Waals surface area contributed by atoms with Crippen molar-refractivity contribution in [1.82, 2.24) is 4.98 Å². The van der Waals surface area contributed by atoms with Gasteiger partial charge in [-0.2, -0.15) is 5.26 Å². The van der Waals surface area contributed by atoms with Gasteiger partial charge in [-0.1, -0.05) is 0 Å². The van der Waals surface area contributed by atoms with Crippen molar-refractivity contribution in [3.05, 3.63) is 40.2 Å². The molecule has 92 valence electrons. The number of halogens is 2. The lowest BCUT2D eigenvalue weighted by molar-refractivity contribution is 0.509. The topological polar surface area (TPSA) is 36.7 Å². The zero-order valence-electron chi connectivity index (χ0n) is 9.49. The van der Waals surface area contributed by atoms with Gasteiger partial charge < -0.3 is 0 Å². The minimum Gasteiger partial charge on any atom is -0.241 e. The van der Waals surface area contributed by atoms with Crippen LogP contribution in [0.25, 0.3) is 11.3 Å². The molecule has 0 aliphatic carbocycles. The van der Waals surface area contributed by atoms with Gasteiger partial charge in [0.25, 0.3) is 0 Å². The lowest BCUT2D eigenvalue weighted by atomic mass is 10.1. The summed E-state index contributed by atoms with van der Waals surface area (Å²) in [5.74, 6) is -1.73. The summed E-state index contributed by atoms with van der Waals surface area (Å²) in [5.41, 5.74) is 1.21. The Kier molecular flexibility index (Phi) is 4.00. The highest BCUT2D eigenvalue weighted by atomic mass is 32.1. The highest BCUT2D eigenvalue weighted by molar-refractivity contribution is 7.09. The Bertz CT molecular complexity index is 587. The van der Waals surface area contributed by atoms with E-state index in [1.54, 1.807) is 0 Å². The van der Waals surface area contributed by atoms with Gasteiger partial charge in [0.2, 0.25) is 0 Å². The lowest BCUT2D eigenvalue weighted by Crippen LogP contribution is -1.87. The molecule has 2 aromatic rings. The maximum atomic E-state index is 13.1. The first-order chi connectivity index (χ1) is 8.70. The van der Waals surface area contributed by atoms with Gasteiger partial charge in [-0.15, -0.1) is 11.3 Å². The van der Waals surface area contributed by atoms with Crippen LogP contribution in [0.1, 0.15) is 17.8 Å². The summed E-state index contributed by atoms with van der Waals surface area (Å²) >= 11 is 1.47. The largest absolute Gasteiger partial charge is 0.241 e. The number of nitriles is 1. The molecule has 0 saturated carbocycles. The third-order valence-electron chi connectivity index (χ3n) is 2.45. The Labute approximate surface area is 108 Å². The molecule has 1 aromatic carbocycles. The predicted octanol–water partition coefficient (Wildman–Crippen LogP) is 3.93. The number of aromatic nitrogens is 1. The van der Waals surface area contributed by atoms with Crippen molar-refractivity contribution in [3.63, 3.8) is 0 Å². The number of rotatable bonds is 4. The van der Waals surface area contributed by atoms with E-state index in [4.69, 9.17) is 5.26 Å². The Morgan fingerprint density at radius 3 is 2.83 bits per heavy atom. The van der Waals surface area contributed by atoms with Crippen LogP contribution in [-0.2, 0) is 6.42 Å². The first kappa shape index (κ1) is 12.7. The van der Waals surface area contributed by atoms with Crippen LogP contribution in [0.3, 0.4) is 0 Å². The molecule has 0 aliphatic rings. The molecule has 1 aromatic heterocycles. The first-order valence-corrected chi connectivity index (χ1v) is 6.35. The van der Waals surface area contributed by atoms with Gasteiger partial charge in [0.05, 0.1) is 16.8 Å². The van der Waals surface area contributed by atoms with Gasteiger partial charge in [0, 0.05) is 23.8 Å². The molecule has 2 nitrogen and oxygen atoms in total. The molecule has 0 bridgehead atoms. The second-order valence-corrected chi connectivity index (χ2v) is 4.71. The highest BCUT2D eigenvalue weighted by Gasteiger charge is 2.08. The average Bonchev–Trinajstić information content (AvgIpc) is 2.82.